The van der Waals surface area contributed by atoms with Gasteiger partial charge >= 0.3 is 5.63 Å². The largest absolute Gasteiger partial charge is 0.482 e. The summed E-state index contributed by atoms with van der Waals surface area (Å²) in [6, 6.07) is 5.46. The molecule has 31 heavy (non-hydrogen) atoms. The Morgan fingerprint density at radius 1 is 1.23 bits per heavy atom. The van der Waals surface area contributed by atoms with Crippen LogP contribution >= 0.6 is 11.6 Å². The Balaban J connectivity index is 1.36. The molecule has 168 valence electrons. The zero-order valence-corrected chi connectivity index (χ0v) is 18.9. The molecule has 6 nitrogen and oxygen atoms in total. The average Bonchev–Trinajstić information content (AvgIpc) is 2.77. The average molecular weight is 447 g/mol. The van der Waals surface area contributed by atoms with Crippen molar-refractivity contribution < 1.29 is 13.9 Å². The summed E-state index contributed by atoms with van der Waals surface area (Å²) in [6.07, 6.45) is 7.84. The fraction of sp³-hybridized carbons (Fsp3) is 0.583. The molecular weight excluding hydrogens is 416 g/mol. The Hall–Kier alpha value is -2.05. The molecule has 0 saturated carbocycles. The van der Waals surface area contributed by atoms with E-state index in [1.54, 1.807) is 12.1 Å². The molecule has 2 fully saturated rings. The first-order chi connectivity index (χ1) is 15.0. The Kier molecular flexibility index (Phi) is 7.18. The van der Waals surface area contributed by atoms with Gasteiger partial charge in [-0.1, -0.05) is 31.4 Å². The number of fused-ring (bicyclic) bond motifs is 2. The fourth-order valence-electron chi connectivity index (χ4n) is 5.07. The van der Waals surface area contributed by atoms with Gasteiger partial charge in [0.05, 0.1) is 5.02 Å². The van der Waals surface area contributed by atoms with E-state index in [0.29, 0.717) is 34.9 Å². The van der Waals surface area contributed by atoms with Crippen LogP contribution in [-0.2, 0) is 11.2 Å². The number of piperidine rings is 2. The molecular formula is C24H31ClN2O4. The quantitative estimate of drug-likeness (QED) is 0.646. The number of hydrogen-bond acceptors (Lipinski definition) is 5. The molecule has 0 unspecified atom stereocenters. The first kappa shape index (κ1) is 22.2. The molecule has 3 heterocycles. The lowest BCUT2D eigenvalue weighted by atomic mass is 9.83. The number of nitrogens with zero attached hydrogens (tertiary/aromatic N) is 1. The van der Waals surface area contributed by atoms with Gasteiger partial charge in [-0.2, -0.15) is 0 Å². The lowest BCUT2D eigenvalue weighted by Crippen LogP contribution is -2.51. The van der Waals surface area contributed by atoms with Gasteiger partial charge in [0.1, 0.15) is 11.3 Å². The molecule has 2 saturated heterocycles. The van der Waals surface area contributed by atoms with Crippen LogP contribution in [0.5, 0.6) is 5.75 Å². The number of halogens is 1. The van der Waals surface area contributed by atoms with E-state index in [1.807, 2.05) is 0 Å². The Labute approximate surface area is 187 Å². The van der Waals surface area contributed by atoms with Crippen molar-refractivity contribution in [1.29, 1.82) is 0 Å². The third kappa shape index (κ3) is 5.24. The summed E-state index contributed by atoms with van der Waals surface area (Å²) < 4.78 is 11.0. The smallest absolute Gasteiger partial charge is 0.336 e. The molecule has 1 aromatic carbocycles. The van der Waals surface area contributed by atoms with Crippen molar-refractivity contribution in [2.75, 3.05) is 26.2 Å². The van der Waals surface area contributed by atoms with Crippen LogP contribution in [0.1, 0.15) is 51.0 Å². The molecule has 2 aliphatic rings. The second kappa shape index (κ2) is 10.0. The van der Waals surface area contributed by atoms with E-state index in [0.717, 1.165) is 30.2 Å². The van der Waals surface area contributed by atoms with Crippen LogP contribution in [-0.4, -0.2) is 43.1 Å². The standard InChI is InChI=1S/C24H31ClN2O4/c1-2-6-16-11-24(29)31-21-13-22(19(25)12-18(16)21)30-15-23(28)26-14-17-7-5-10-27-9-4-3-8-20(17)27/h11-13,17,20H,2-10,14-15H2,1H3,(H,26,28)/t17-,20+/m1/s1. The molecule has 0 bridgehead atoms. The molecule has 0 radical (unpaired) electrons. The number of rotatable bonds is 7. The summed E-state index contributed by atoms with van der Waals surface area (Å²) in [4.78, 5) is 26.9. The monoisotopic (exact) mass is 446 g/mol. The van der Waals surface area contributed by atoms with Crippen molar-refractivity contribution in [3.63, 3.8) is 0 Å². The highest BCUT2D eigenvalue weighted by molar-refractivity contribution is 6.32. The van der Waals surface area contributed by atoms with Gasteiger partial charge in [-0.25, -0.2) is 4.79 Å². The maximum atomic E-state index is 12.4. The van der Waals surface area contributed by atoms with Crippen LogP contribution < -0.4 is 15.7 Å². The minimum atomic E-state index is -0.397. The second-order valence-electron chi connectivity index (χ2n) is 8.71. The number of carbonyl (C=O) groups is 1. The zero-order chi connectivity index (χ0) is 21.8. The van der Waals surface area contributed by atoms with Gasteiger partial charge in [-0.15, -0.1) is 0 Å². The van der Waals surface area contributed by atoms with Crippen molar-refractivity contribution in [3.8, 4) is 5.75 Å². The van der Waals surface area contributed by atoms with Crippen LogP contribution in [0.15, 0.2) is 27.4 Å². The van der Waals surface area contributed by atoms with Gasteiger partial charge in [0, 0.05) is 30.1 Å². The van der Waals surface area contributed by atoms with Crippen LogP contribution in [0.3, 0.4) is 0 Å². The minimum absolute atomic E-state index is 0.120. The lowest BCUT2D eigenvalue weighted by Gasteiger charge is -2.44. The van der Waals surface area contributed by atoms with Gasteiger partial charge in [-0.05, 0) is 62.7 Å². The molecule has 7 heteroatoms. The first-order valence-electron chi connectivity index (χ1n) is 11.4. The molecule has 0 spiro atoms. The van der Waals surface area contributed by atoms with Gasteiger partial charge in [0.15, 0.2) is 6.61 Å². The van der Waals surface area contributed by atoms with E-state index >= 15 is 0 Å². The Morgan fingerprint density at radius 2 is 2.06 bits per heavy atom. The van der Waals surface area contributed by atoms with Gasteiger partial charge in [0.2, 0.25) is 0 Å². The Morgan fingerprint density at radius 3 is 2.90 bits per heavy atom. The van der Waals surface area contributed by atoms with E-state index in [9.17, 15) is 9.59 Å². The van der Waals surface area contributed by atoms with Crippen molar-refractivity contribution in [2.45, 2.75) is 57.9 Å². The predicted molar refractivity (Wildman–Crippen MR) is 122 cm³/mol. The SMILES string of the molecule is CCCc1cc(=O)oc2cc(OCC(=O)NC[C@H]3CCCN4CCCC[C@@H]34)c(Cl)cc12. The molecule has 1 aromatic heterocycles. The summed E-state index contributed by atoms with van der Waals surface area (Å²) in [5.74, 6) is 0.691. The summed E-state index contributed by atoms with van der Waals surface area (Å²) in [5, 5.41) is 4.24. The van der Waals surface area contributed by atoms with Crippen LogP contribution in [0.25, 0.3) is 11.0 Å². The number of amides is 1. The molecule has 2 atom stereocenters. The number of carbonyl (C=O) groups excluding carboxylic acids is 1. The van der Waals surface area contributed by atoms with E-state index in [1.165, 1.54) is 44.8 Å². The molecule has 0 aliphatic carbocycles. The number of nitrogens with one attached hydrogen (secondary N) is 1. The van der Waals surface area contributed by atoms with Gasteiger partial charge in [-0.3, -0.25) is 4.79 Å². The van der Waals surface area contributed by atoms with Crippen LogP contribution in [0, 0.1) is 5.92 Å². The number of aryl methyl sites for hydroxylation is 1. The third-order valence-electron chi connectivity index (χ3n) is 6.55. The second-order valence-corrected chi connectivity index (χ2v) is 9.12. The van der Waals surface area contributed by atoms with Crippen molar-refractivity contribution >= 4 is 28.5 Å². The summed E-state index contributed by atoms with van der Waals surface area (Å²) >= 11 is 6.39. The Bertz CT molecular complexity index is 987. The molecule has 2 aliphatic heterocycles. The minimum Gasteiger partial charge on any atom is -0.482 e. The highest BCUT2D eigenvalue weighted by Gasteiger charge is 2.32. The summed E-state index contributed by atoms with van der Waals surface area (Å²) in [7, 11) is 0. The van der Waals surface area contributed by atoms with E-state index in [4.69, 9.17) is 20.8 Å². The predicted octanol–water partition coefficient (Wildman–Crippen LogP) is 4.16. The van der Waals surface area contributed by atoms with Crippen molar-refractivity contribution in [3.05, 3.63) is 39.2 Å². The summed E-state index contributed by atoms with van der Waals surface area (Å²) in [6.45, 7) is 5.00. The van der Waals surface area contributed by atoms with Crippen LogP contribution in [0.4, 0.5) is 0 Å². The lowest BCUT2D eigenvalue weighted by molar-refractivity contribution is -0.123. The van der Waals surface area contributed by atoms with Gasteiger partial charge < -0.3 is 19.4 Å². The van der Waals surface area contributed by atoms with E-state index in [2.05, 4.69) is 17.1 Å². The van der Waals surface area contributed by atoms with E-state index in [-0.39, 0.29) is 12.5 Å². The zero-order valence-electron chi connectivity index (χ0n) is 18.1. The maximum absolute atomic E-state index is 12.4. The topological polar surface area (TPSA) is 71.8 Å². The first-order valence-corrected chi connectivity index (χ1v) is 11.8. The number of hydrogen-bond donors (Lipinski definition) is 1. The van der Waals surface area contributed by atoms with Crippen molar-refractivity contribution in [2.24, 2.45) is 5.92 Å². The highest BCUT2D eigenvalue weighted by atomic mass is 35.5. The number of benzene rings is 1. The van der Waals surface area contributed by atoms with E-state index < -0.39 is 5.63 Å². The van der Waals surface area contributed by atoms with Gasteiger partial charge in [0.25, 0.3) is 5.91 Å². The fourth-order valence-corrected chi connectivity index (χ4v) is 5.29. The number of ether oxygens (including phenoxy) is 1. The summed E-state index contributed by atoms with van der Waals surface area (Å²) in [5.41, 5.74) is 0.936. The van der Waals surface area contributed by atoms with Crippen molar-refractivity contribution in [1.82, 2.24) is 10.2 Å². The third-order valence-corrected chi connectivity index (χ3v) is 6.85. The normalized spacial score (nSPS) is 21.6. The molecule has 1 N–H and O–H groups in total. The molecule has 2 aromatic rings. The maximum Gasteiger partial charge on any atom is 0.336 e. The highest BCUT2D eigenvalue weighted by Crippen LogP contribution is 2.32. The molecule has 4 rings (SSSR count). The molecule has 1 amide bonds. The van der Waals surface area contributed by atoms with Crippen LogP contribution in [0.2, 0.25) is 5.02 Å².